The summed E-state index contributed by atoms with van der Waals surface area (Å²) in [6.45, 7) is 2.00. The number of carbonyl (C=O) groups is 1. The van der Waals surface area contributed by atoms with E-state index in [0.717, 1.165) is 27.8 Å². The van der Waals surface area contributed by atoms with Crippen LogP contribution in [0.25, 0.3) is 21.6 Å². The van der Waals surface area contributed by atoms with Crippen molar-refractivity contribution in [2.45, 2.75) is 13.3 Å². The topological polar surface area (TPSA) is 115 Å². The van der Waals surface area contributed by atoms with Crippen LogP contribution in [0.3, 0.4) is 0 Å². The van der Waals surface area contributed by atoms with E-state index in [1.807, 2.05) is 19.1 Å². The Hall–Kier alpha value is -3.92. The Morgan fingerprint density at radius 2 is 2.03 bits per heavy atom. The predicted octanol–water partition coefficient (Wildman–Crippen LogP) is 3.98. The quantitative estimate of drug-likeness (QED) is 0.287. The maximum absolute atomic E-state index is 12.2. The van der Waals surface area contributed by atoms with E-state index in [9.17, 15) is 14.9 Å². The monoisotopic (exact) mass is 420 g/mol. The molecular weight excluding hydrogens is 404 g/mol. The molecule has 0 fully saturated rings. The van der Waals surface area contributed by atoms with Gasteiger partial charge in [-0.2, -0.15) is 9.61 Å². The van der Waals surface area contributed by atoms with Gasteiger partial charge in [0.15, 0.2) is 5.82 Å². The summed E-state index contributed by atoms with van der Waals surface area (Å²) in [5, 5.41) is 27.2. The average molecular weight is 420 g/mol. The third-order valence-electron chi connectivity index (χ3n) is 4.28. The van der Waals surface area contributed by atoms with Gasteiger partial charge in [0.2, 0.25) is 10.9 Å². The highest BCUT2D eigenvalue weighted by Crippen LogP contribution is 2.26. The van der Waals surface area contributed by atoms with E-state index < -0.39 is 4.92 Å². The number of aromatic nitrogens is 4. The Morgan fingerprint density at radius 1 is 1.23 bits per heavy atom. The van der Waals surface area contributed by atoms with Gasteiger partial charge in [-0.1, -0.05) is 30.4 Å². The van der Waals surface area contributed by atoms with E-state index in [1.54, 1.807) is 28.8 Å². The fourth-order valence-electron chi connectivity index (χ4n) is 2.79. The molecule has 0 aliphatic carbocycles. The molecule has 9 nitrogen and oxygen atoms in total. The number of nitrogens with one attached hydrogen (secondary N) is 1. The van der Waals surface area contributed by atoms with E-state index >= 15 is 0 Å². The van der Waals surface area contributed by atoms with E-state index in [2.05, 4.69) is 20.6 Å². The van der Waals surface area contributed by atoms with Gasteiger partial charge in [-0.05, 0) is 35.9 Å². The minimum atomic E-state index is -0.474. The lowest BCUT2D eigenvalue weighted by molar-refractivity contribution is -0.384. The van der Waals surface area contributed by atoms with Crippen molar-refractivity contribution < 1.29 is 9.72 Å². The molecule has 0 saturated carbocycles. The maximum Gasteiger partial charge on any atom is 0.270 e. The standard InChI is InChI=1S/C20H16N6O3S/c1-2-17-22-23-20-25(17)24-19(30-20)14-7-9-15(10-8-14)21-18(27)11-6-13-4-3-5-16(12-13)26(28)29/h3-12H,2H2,1H3,(H,21,27). The smallest absolute Gasteiger partial charge is 0.270 e. The molecule has 1 N–H and O–H groups in total. The SMILES string of the molecule is CCc1nnc2sc(-c3ccc(NC(=O)C=Cc4cccc([N+](=O)[O-])c4)cc3)nn12. The summed E-state index contributed by atoms with van der Waals surface area (Å²) in [5.74, 6) is 0.479. The first-order valence-corrected chi connectivity index (χ1v) is 9.90. The molecule has 1 amide bonds. The largest absolute Gasteiger partial charge is 0.323 e. The molecule has 2 aromatic heterocycles. The van der Waals surface area contributed by atoms with Crippen molar-refractivity contribution in [3.8, 4) is 10.6 Å². The van der Waals surface area contributed by atoms with Crippen molar-refractivity contribution in [2.75, 3.05) is 5.32 Å². The molecule has 0 saturated heterocycles. The van der Waals surface area contributed by atoms with Crippen LogP contribution in [0.4, 0.5) is 11.4 Å². The summed E-state index contributed by atoms with van der Waals surface area (Å²) in [6, 6.07) is 13.4. The lowest BCUT2D eigenvalue weighted by atomic mass is 10.2. The zero-order chi connectivity index (χ0) is 21.1. The van der Waals surface area contributed by atoms with Crippen molar-refractivity contribution in [1.29, 1.82) is 0 Å². The Morgan fingerprint density at radius 3 is 2.77 bits per heavy atom. The number of anilines is 1. The van der Waals surface area contributed by atoms with E-state index in [0.29, 0.717) is 11.3 Å². The Kier molecular flexibility index (Phi) is 5.31. The number of non-ortho nitro benzene ring substituents is 1. The molecule has 4 rings (SSSR count). The van der Waals surface area contributed by atoms with Gasteiger partial charge in [-0.3, -0.25) is 14.9 Å². The minimum absolute atomic E-state index is 0.0235. The van der Waals surface area contributed by atoms with Crippen LogP contribution >= 0.6 is 11.3 Å². The van der Waals surface area contributed by atoms with Crippen molar-refractivity contribution >= 4 is 39.7 Å². The summed E-state index contributed by atoms with van der Waals surface area (Å²) < 4.78 is 1.74. The maximum atomic E-state index is 12.2. The number of aryl methyl sites for hydroxylation is 1. The molecule has 0 radical (unpaired) electrons. The number of amides is 1. The second-order valence-electron chi connectivity index (χ2n) is 6.32. The molecule has 0 aliphatic rings. The summed E-state index contributed by atoms with van der Waals surface area (Å²) >= 11 is 1.45. The lowest BCUT2D eigenvalue weighted by Gasteiger charge is -2.03. The van der Waals surface area contributed by atoms with E-state index in [4.69, 9.17) is 0 Å². The fraction of sp³-hybridized carbons (Fsp3) is 0.100. The number of hydrogen-bond donors (Lipinski definition) is 1. The van der Waals surface area contributed by atoms with Gasteiger partial charge in [0.05, 0.1) is 4.92 Å². The highest BCUT2D eigenvalue weighted by atomic mass is 32.1. The normalized spacial score (nSPS) is 11.2. The van der Waals surface area contributed by atoms with Crippen molar-refractivity contribution in [3.05, 3.63) is 76.1 Å². The molecular formula is C20H16N6O3S. The Labute approximate surface area is 174 Å². The van der Waals surface area contributed by atoms with E-state index in [-0.39, 0.29) is 11.6 Å². The van der Waals surface area contributed by atoms with Crippen LogP contribution in [0.2, 0.25) is 0 Å². The number of nitro groups is 1. The Balaban J connectivity index is 1.43. The molecule has 0 bridgehead atoms. The zero-order valence-corrected chi connectivity index (χ0v) is 16.7. The van der Waals surface area contributed by atoms with E-state index in [1.165, 1.54) is 35.6 Å². The second kappa shape index (κ2) is 8.21. The molecule has 0 atom stereocenters. The number of rotatable bonds is 6. The predicted molar refractivity (Wildman–Crippen MR) is 114 cm³/mol. The third-order valence-corrected chi connectivity index (χ3v) is 5.23. The summed E-state index contributed by atoms with van der Waals surface area (Å²) in [6.07, 6.45) is 3.61. The van der Waals surface area contributed by atoms with Crippen molar-refractivity contribution in [3.63, 3.8) is 0 Å². The number of nitrogens with zero attached hydrogens (tertiary/aromatic N) is 5. The molecule has 0 spiro atoms. The minimum Gasteiger partial charge on any atom is -0.323 e. The molecule has 30 heavy (non-hydrogen) atoms. The zero-order valence-electron chi connectivity index (χ0n) is 15.8. The first-order valence-electron chi connectivity index (χ1n) is 9.08. The van der Waals surface area contributed by atoms with Crippen LogP contribution in [-0.4, -0.2) is 30.6 Å². The molecule has 150 valence electrons. The van der Waals surface area contributed by atoms with Gasteiger partial charge in [0.25, 0.3) is 5.69 Å². The van der Waals surface area contributed by atoms with Crippen LogP contribution < -0.4 is 5.32 Å². The van der Waals surface area contributed by atoms with Gasteiger partial charge in [-0.15, -0.1) is 10.2 Å². The van der Waals surface area contributed by atoms with Crippen LogP contribution in [0.15, 0.2) is 54.6 Å². The summed E-state index contributed by atoms with van der Waals surface area (Å²) in [7, 11) is 0. The number of carbonyl (C=O) groups excluding carboxylic acids is 1. The number of nitro benzene ring substituents is 1. The molecule has 10 heteroatoms. The molecule has 4 aromatic rings. The highest BCUT2D eigenvalue weighted by Gasteiger charge is 2.12. The van der Waals surface area contributed by atoms with Crippen LogP contribution in [0, 0.1) is 10.1 Å². The highest BCUT2D eigenvalue weighted by molar-refractivity contribution is 7.19. The first kappa shape index (κ1) is 19.4. The number of fused-ring (bicyclic) bond motifs is 1. The fourth-order valence-corrected chi connectivity index (χ4v) is 3.65. The van der Waals surface area contributed by atoms with Crippen LogP contribution in [0.5, 0.6) is 0 Å². The molecule has 2 aromatic carbocycles. The second-order valence-corrected chi connectivity index (χ2v) is 7.28. The average Bonchev–Trinajstić information content (AvgIpc) is 3.34. The third kappa shape index (κ3) is 4.08. The lowest BCUT2D eigenvalue weighted by Crippen LogP contribution is -2.07. The van der Waals surface area contributed by atoms with Gasteiger partial charge in [0.1, 0.15) is 5.01 Å². The van der Waals surface area contributed by atoms with Crippen molar-refractivity contribution in [1.82, 2.24) is 19.8 Å². The van der Waals surface area contributed by atoms with Crippen molar-refractivity contribution in [2.24, 2.45) is 0 Å². The first-order chi connectivity index (χ1) is 14.5. The summed E-state index contributed by atoms with van der Waals surface area (Å²) in [4.78, 5) is 23.2. The van der Waals surface area contributed by atoms with Crippen LogP contribution in [-0.2, 0) is 11.2 Å². The van der Waals surface area contributed by atoms with Gasteiger partial charge in [-0.25, -0.2) is 0 Å². The van der Waals surface area contributed by atoms with Gasteiger partial charge in [0, 0.05) is 35.9 Å². The molecule has 0 unspecified atom stereocenters. The Bertz CT molecular complexity index is 1260. The van der Waals surface area contributed by atoms with Gasteiger partial charge < -0.3 is 5.32 Å². The molecule has 0 aliphatic heterocycles. The van der Waals surface area contributed by atoms with Gasteiger partial charge >= 0.3 is 0 Å². The number of hydrogen-bond acceptors (Lipinski definition) is 7. The number of benzene rings is 2. The summed E-state index contributed by atoms with van der Waals surface area (Å²) in [5.41, 5.74) is 2.09. The molecule has 2 heterocycles. The van der Waals surface area contributed by atoms with Crippen LogP contribution in [0.1, 0.15) is 18.3 Å².